The van der Waals surface area contributed by atoms with Gasteiger partial charge in [0, 0.05) is 57.8 Å². The second-order valence-electron chi connectivity index (χ2n) is 7.87. The molecule has 1 saturated heterocycles. The molecule has 2 amide bonds. The van der Waals surface area contributed by atoms with Crippen LogP contribution in [-0.4, -0.2) is 54.3 Å². The van der Waals surface area contributed by atoms with Crippen LogP contribution in [0.15, 0.2) is 54.6 Å². The van der Waals surface area contributed by atoms with Gasteiger partial charge in [0.15, 0.2) is 0 Å². The van der Waals surface area contributed by atoms with Crippen molar-refractivity contribution >= 4 is 17.5 Å². The highest BCUT2D eigenvalue weighted by atomic mass is 16.2. The first-order chi connectivity index (χ1) is 15.1. The fourth-order valence-corrected chi connectivity index (χ4v) is 3.86. The quantitative estimate of drug-likeness (QED) is 0.659. The Morgan fingerprint density at radius 2 is 1.65 bits per heavy atom. The fourth-order valence-electron chi connectivity index (χ4n) is 3.86. The molecule has 0 aliphatic carbocycles. The molecular formula is C25H30N4O2. The minimum Gasteiger partial charge on any atom is -0.340 e. The van der Waals surface area contributed by atoms with Gasteiger partial charge in [-0.3, -0.25) is 14.5 Å². The van der Waals surface area contributed by atoms with Gasteiger partial charge in [0.1, 0.15) is 0 Å². The summed E-state index contributed by atoms with van der Waals surface area (Å²) in [5.74, 6) is -0.0924. The molecule has 0 N–H and O–H groups in total. The van der Waals surface area contributed by atoms with Crippen LogP contribution < -0.4 is 4.90 Å². The van der Waals surface area contributed by atoms with E-state index in [2.05, 4.69) is 42.2 Å². The van der Waals surface area contributed by atoms with Crippen LogP contribution in [0.5, 0.6) is 0 Å². The summed E-state index contributed by atoms with van der Waals surface area (Å²) in [5.41, 5.74) is 3.38. The lowest BCUT2D eigenvalue weighted by Crippen LogP contribution is -2.48. The van der Waals surface area contributed by atoms with E-state index in [0.29, 0.717) is 19.6 Å². The van der Waals surface area contributed by atoms with Crippen LogP contribution in [0.2, 0.25) is 0 Å². The largest absolute Gasteiger partial charge is 0.340 e. The van der Waals surface area contributed by atoms with Crippen molar-refractivity contribution in [2.45, 2.75) is 32.7 Å². The van der Waals surface area contributed by atoms with E-state index in [-0.39, 0.29) is 31.1 Å². The lowest BCUT2D eigenvalue weighted by molar-refractivity contribution is -0.134. The number of para-hydroxylation sites is 1. The van der Waals surface area contributed by atoms with Crippen LogP contribution in [0.3, 0.4) is 0 Å². The van der Waals surface area contributed by atoms with E-state index < -0.39 is 0 Å². The Hall–Kier alpha value is -3.17. The molecule has 6 heteroatoms. The molecule has 2 aromatic carbocycles. The summed E-state index contributed by atoms with van der Waals surface area (Å²) < 4.78 is 0. The Labute approximate surface area is 184 Å². The number of nitrogens with zero attached hydrogens (tertiary/aromatic N) is 4. The molecule has 1 aliphatic heterocycles. The van der Waals surface area contributed by atoms with Crippen molar-refractivity contribution < 1.29 is 9.59 Å². The van der Waals surface area contributed by atoms with Crippen molar-refractivity contribution in [3.8, 4) is 6.07 Å². The van der Waals surface area contributed by atoms with Crippen LogP contribution in [0.25, 0.3) is 0 Å². The van der Waals surface area contributed by atoms with Gasteiger partial charge in [-0.1, -0.05) is 42.5 Å². The number of hydrogen-bond acceptors (Lipinski definition) is 4. The predicted molar refractivity (Wildman–Crippen MR) is 121 cm³/mol. The van der Waals surface area contributed by atoms with Crippen molar-refractivity contribution in [2.24, 2.45) is 0 Å². The van der Waals surface area contributed by atoms with Crippen molar-refractivity contribution in [1.82, 2.24) is 9.80 Å². The van der Waals surface area contributed by atoms with E-state index in [9.17, 15) is 9.59 Å². The summed E-state index contributed by atoms with van der Waals surface area (Å²) in [5, 5.41) is 8.91. The summed E-state index contributed by atoms with van der Waals surface area (Å²) >= 11 is 0. The number of hydrogen-bond donors (Lipinski definition) is 0. The highest BCUT2D eigenvalue weighted by molar-refractivity contribution is 5.95. The molecule has 0 atom stereocenters. The van der Waals surface area contributed by atoms with E-state index in [1.165, 1.54) is 11.1 Å². The van der Waals surface area contributed by atoms with Crippen LogP contribution in [0, 0.1) is 18.3 Å². The number of benzene rings is 2. The van der Waals surface area contributed by atoms with Gasteiger partial charge in [0.2, 0.25) is 11.8 Å². The third-order valence-electron chi connectivity index (χ3n) is 5.75. The average molecular weight is 419 g/mol. The average Bonchev–Trinajstić information content (AvgIpc) is 2.80. The number of nitriles is 1. The summed E-state index contributed by atoms with van der Waals surface area (Å²) in [6.07, 6.45) is 0.618. The molecule has 0 aromatic heterocycles. The maximum atomic E-state index is 12.8. The normalized spacial score (nSPS) is 14.1. The van der Waals surface area contributed by atoms with Crippen LogP contribution in [-0.2, 0) is 16.1 Å². The van der Waals surface area contributed by atoms with Crippen molar-refractivity contribution in [3.63, 3.8) is 0 Å². The van der Waals surface area contributed by atoms with E-state index in [1.54, 1.807) is 4.90 Å². The minimum atomic E-state index is -0.118. The number of carbonyl (C=O) groups excluding carboxylic acids is 2. The van der Waals surface area contributed by atoms with Crippen molar-refractivity contribution in [3.05, 3.63) is 65.7 Å². The van der Waals surface area contributed by atoms with E-state index in [0.717, 1.165) is 25.3 Å². The summed E-state index contributed by atoms with van der Waals surface area (Å²) in [4.78, 5) is 31.3. The van der Waals surface area contributed by atoms with Gasteiger partial charge < -0.3 is 9.80 Å². The monoisotopic (exact) mass is 418 g/mol. The standard InChI is InChI=1S/C25H30N4O2/c1-21-8-5-6-9-22(21)20-27-16-18-28(19-17-27)24(30)12-13-25(31)29(15-7-14-26)23-10-3-2-4-11-23/h2-6,8-11H,7,12-13,15-20H2,1H3. The first-order valence-electron chi connectivity index (χ1n) is 10.9. The van der Waals surface area contributed by atoms with Gasteiger partial charge in [0.05, 0.1) is 12.5 Å². The molecule has 31 heavy (non-hydrogen) atoms. The molecule has 162 valence electrons. The molecule has 0 saturated carbocycles. The Kier molecular flexibility index (Phi) is 8.19. The molecule has 1 heterocycles. The molecule has 0 unspecified atom stereocenters. The molecule has 2 aromatic rings. The first kappa shape index (κ1) is 22.5. The molecule has 3 rings (SSSR count). The Balaban J connectivity index is 1.47. The predicted octanol–water partition coefficient (Wildman–Crippen LogP) is 3.37. The number of aryl methyl sites for hydroxylation is 1. The maximum absolute atomic E-state index is 12.8. The number of anilines is 1. The van der Waals surface area contributed by atoms with Gasteiger partial charge in [-0.2, -0.15) is 5.26 Å². The maximum Gasteiger partial charge on any atom is 0.227 e. The number of piperazine rings is 1. The van der Waals surface area contributed by atoms with Crippen molar-refractivity contribution in [1.29, 1.82) is 5.26 Å². The highest BCUT2D eigenvalue weighted by Crippen LogP contribution is 2.17. The number of amides is 2. The molecule has 0 bridgehead atoms. The highest BCUT2D eigenvalue weighted by Gasteiger charge is 2.23. The lowest BCUT2D eigenvalue weighted by Gasteiger charge is -2.35. The molecule has 1 fully saturated rings. The van der Waals surface area contributed by atoms with E-state index in [1.807, 2.05) is 35.2 Å². The zero-order valence-electron chi connectivity index (χ0n) is 18.2. The Morgan fingerprint density at radius 3 is 2.32 bits per heavy atom. The fraction of sp³-hybridized carbons (Fsp3) is 0.400. The van der Waals surface area contributed by atoms with E-state index in [4.69, 9.17) is 5.26 Å². The minimum absolute atomic E-state index is 0.0252. The zero-order valence-corrected chi connectivity index (χ0v) is 18.2. The SMILES string of the molecule is Cc1ccccc1CN1CCN(C(=O)CCC(=O)N(CCC#N)c2ccccc2)CC1. The van der Waals surface area contributed by atoms with E-state index >= 15 is 0 Å². The van der Waals surface area contributed by atoms with Gasteiger partial charge >= 0.3 is 0 Å². The van der Waals surface area contributed by atoms with Gasteiger partial charge in [-0.15, -0.1) is 0 Å². The first-order valence-corrected chi connectivity index (χ1v) is 10.9. The van der Waals surface area contributed by atoms with Gasteiger partial charge in [0.25, 0.3) is 0 Å². The second-order valence-corrected chi connectivity index (χ2v) is 7.87. The summed E-state index contributed by atoms with van der Waals surface area (Å²) in [7, 11) is 0. The molecular weight excluding hydrogens is 388 g/mol. The number of rotatable bonds is 8. The van der Waals surface area contributed by atoms with Gasteiger partial charge in [-0.25, -0.2) is 0 Å². The number of carbonyl (C=O) groups is 2. The van der Waals surface area contributed by atoms with Crippen LogP contribution in [0.1, 0.15) is 30.4 Å². The summed E-state index contributed by atoms with van der Waals surface area (Å²) in [6.45, 7) is 6.43. The molecule has 1 aliphatic rings. The molecule has 6 nitrogen and oxygen atoms in total. The Morgan fingerprint density at radius 1 is 0.968 bits per heavy atom. The lowest BCUT2D eigenvalue weighted by atomic mass is 10.1. The van der Waals surface area contributed by atoms with Crippen molar-refractivity contribution in [2.75, 3.05) is 37.6 Å². The molecule has 0 spiro atoms. The molecule has 0 radical (unpaired) electrons. The van der Waals surface area contributed by atoms with Crippen LogP contribution >= 0.6 is 0 Å². The third kappa shape index (κ3) is 6.40. The topological polar surface area (TPSA) is 67.7 Å². The van der Waals surface area contributed by atoms with Gasteiger partial charge in [-0.05, 0) is 30.2 Å². The zero-order chi connectivity index (χ0) is 22.1. The smallest absolute Gasteiger partial charge is 0.227 e. The van der Waals surface area contributed by atoms with Crippen LogP contribution in [0.4, 0.5) is 5.69 Å². The summed E-state index contributed by atoms with van der Waals surface area (Å²) in [6, 6.07) is 19.8. The third-order valence-corrected chi connectivity index (χ3v) is 5.75. The Bertz CT molecular complexity index is 915. The second kappa shape index (κ2) is 11.3.